The van der Waals surface area contributed by atoms with Gasteiger partial charge in [-0.05, 0) is 31.7 Å². The summed E-state index contributed by atoms with van der Waals surface area (Å²) in [4.78, 5) is 6.78. The van der Waals surface area contributed by atoms with E-state index in [9.17, 15) is 5.11 Å². The van der Waals surface area contributed by atoms with Crippen molar-refractivity contribution in [1.29, 1.82) is 0 Å². The second kappa shape index (κ2) is 4.74. The van der Waals surface area contributed by atoms with E-state index in [1.807, 2.05) is 17.6 Å². The lowest BCUT2D eigenvalue weighted by atomic mass is 9.94. The summed E-state index contributed by atoms with van der Waals surface area (Å²) < 4.78 is 1.91. The van der Waals surface area contributed by atoms with Crippen LogP contribution in [0.3, 0.4) is 0 Å². The molecule has 5 heteroatoms. The Balaban J connectivity index is 1.95. The molecule has 20 heavy (non-hydrogen) atoms. The third-order valence-corrected chi connectivity index (χ3v) is 4.12. The van der Waals surface area contributed by atoms with Gasteiger partial charge in [0.15, 0.2) is 5.82 Å². The Morgan fingerprint density at radius 2 is 2.00 bits per heavy atom. The Labute approximate surface area is 119 Å². The van der Waals surface area contributed by atoms with Gasteiger partial charge in [-0.25, -0.2) is 9.50 Å². The molecule has 1 fully saturated rings. The predicted octanol–water partition coefficient (Wildman–Crippen LogP) is 2.20. The molecular formula is C15H22N4O. The van der Waals surface area contributed by atoms with E-state index >= 15 is 0 Å². The molecule has 0 bridgehead atoms. The first-order chi connectivity index (χ1) is 9.46. The summed E-state index contributed by atoms with van der Waals surface area (Å²) in [6.45, 7) is 7.87. The minimum absolute atomic E-state index is 0.407. The molecule has 2 aromatic heterocycles. The first kappa shape index (κ1) is 13.4. The number of piperidine rings is 1. The molecule has 0 radical (unpaired) electrons. The number of hydrogen-bond acceptors (Lipinski definition) is 4. The van der Waals surface area contributed by atoms with Crippen molar-refractivity contribution in [1.82, 2.24) is 14.6 Å². The smallest absolute Gasteiger partial charge is 0.154 e. The fraction of sp³-hybridized carbons (Fsp3) is 0.600. The fourth-order valence-electron chi connectivity index (χ4n) is 2.65. The lowest BCUT2D eigenvalue weighted by Gasteiger charge is -2.36. The van der Waals surface area contributed by atoms with Crippen LogP contribution < -0.4 is 4.90 Å². The lowest BCUT2D eigenvalue weighted by Crippen LogP contribution is -2.42. The SMILES string of the molecule is CC(C)c1cc2c(N3CCC(C)(O)CC3)nccn2n1. The highest BCUT2D eigenvalue weighted by molar-refractivity contribution is 5.69. The van der Waals surface area contributed by atoms with E-state index in [0.717, 1.165) is 43.0 Å². The molecule has 108 valence electrons. The maximum Gasteiger partial charge on any atom is 0.154 e. The molecule has 0 amide bonds. The van der Waals surface area contributed by atoms with Crippen molar-refractivity contribution >= 4 is 11.3 Å². The Hall–Kier alpha value is -1.62. The highest BCUT2D eigenvalue weighted by atomic mass is 16.3. The van der Waals surface area contributed by atoms with E-state index in [1.165, 1.54) is 0 Å². The lowest BCUT2D eigenvalue weighted by molar-refractivity contribution is 0.0350. The van der Waals surface area contributed by atoms with Gasteiger partial charge in [-0.2, -0.15) is 5.10 Å². The van der Waals surface area contributed by atoms with Crippen LogP contribution in [0.25, 0.3) is 5.52 Å². The number of aliphatic hydroxyl groups is 1. The summed E-state index contributed by atoms with van der Waals surface area (Å²) in [5.74, 6) is 1.38. The molecule has 0 aromatic carbocycles. The van der Waals surface area contributed by atoms with Crippen LogP contribution in [0, 0.1) is 0 Å². The molecule has 1 saturated heterocycles. The van der Waals surface area contributed by atoms with Gasteiger partial charge in [-0.15, -0.1) is 0 Å². The monoisotopic (exact) mass is 274 g/mol. The maximum atomic E-state index is 10.1. The summed E-state index contributed by atoms with van der Waals surface area (Å²) in [6, 6.07) is 2.12. The molecule has 3 rings (SSSR count). The van der Waals surface area contributed by atoms with Crippen LogP contribution in [0.5, 0.6) is 0 Å². The van der Waals surface area contributed by atoms with Crippen LogP contribution in [0.4, 0.5) is 5.82 Å². The zero-order valence-corrected chi connectivity index (χ0v) is 12.4. The van der Waals surface area contributed by atoms with Gasteiger partial charge >= 0.3 is 0 Å². The van der Waals surface area contributed by atoms with Crippen molar-refractivity contribution < 1.29 is 5.11 Å². The van der Waals surface area contributed by atoms with Gasteiger partial charge in [-0.3, -0.25) is 0 Å². The summed E-state index contributed by atoms with van der Waals surface area (Å²) in [5.41, 5.74) is 1.60. The van der Waals surface area contributed by atoms with Gasteiger partial charge in [0.1, 0.15) is 5.52 Å². The van der Waals surface area contributed by atoms with E-state index in [-0.39, 0.29) is 0 Å². The van der Waals surface area contributed by atoms with Gasteiger partial charge in [0.2, 0.25) is 0 Å². The molecule has 1 N–H and O–H groups in total. The van der Waals surface area contributed by atoms with Gasteiger partial charge in [0.25, 0.3) is 0 Å². The second-order valence-electron chi connectivity index (χ2n) is 6.29. The van der Waals surface area contributed by atoms with Crippen molar-refractivity contribution in [2.75, 3.05) is 18.0 Å². The van der Waals surface area contributed by atoms with Crippen molar-refractivity contribution in [3.8, 4) is 0 Å². The zero-order chi connectivity index (χ0) is 14.3. The molecule has 1 aliphatic heterocycles. The van der Waals surface area contributed by atoms with E-state index < -0.39 is 5.60 Å². The zero-order valence-electron chi connectivity index (χ0n) is 12.4. The van der Waals surface area contributed by atoms with Crippen LogP contribution in [0.1, 0.15) is 45.2 Å². The molecule has 0 spiro atoms. The maximum absolute atomic E-state index is 10.1. The molecule has 0 saturated carbocycles. The van der Waals surface area contributed by atoms with Crippen LogP contribution in [-0.2, 0) is 0 Å². The largest absolute Gasteiger partial charge is 0.390 e. The summed E-state index contributed by atoms with van der Waals surface area (Å²) in [6.07, 6.45) is 5.25. The number of fused-ring (bicyclic) bond motifs is 1. The van der Waals surface area contributed by atoms with E-state index in [4.69, 9.17) is 0 Å². The highest BCUT2D eigenvalue weighted by Crippen LogP contribution is 2.28. The average Bonchev–Trinajstić information content (AvgIpc) is 2.83. The third-order valence-electron chi connectivity index (χ3n) is 4.12. The van der Waals surface area contributed by atoms with Gasteiger partial charge in [0.05, 0.1) is 11.3 Å². The first-order valence-electron chi connectivity index (χ1n) is 7.28. The molecule has 0 atom stereocenters. The van der Waals surface area contributed by atoms with Crippen LogP contribution in [-0.4, -0.2) is 38.4 Å². The quantitative estimate of drug-likeness (QED) is 0.912. The summed E-state index contributed by atoms with van der Waals surface area (Å²) >= 11 is 0. The van der Waals surface area contributed by atoms with Crippen molar-refractivity contribution in [2.45, 2.75) is 45.1 Å². The van der Waals surface area contributed by atoms with Crippen molar-refractivity contribution in [2.24, 2.45) is 0 Å². The van der Waals surface area contributed by atoms with E-state index in [2.05, 4.69) is 34.9 Å². The standard InChI is InChI=1S/C15H22N4O/c1-11(2)12-10-13-14(16-6-9-19(13)17-12)18-7-4-15(3,20)5-8-18/h6,9-11,20H,4-5,7-8H2,1-3H3. The molecule has 3 heterocycles. The number of rotatable bonds is 2. The Bertz CT molecular complexity index is 607. The third kappa shape index (κ3) is 2.38. The molecule has 1 aliphatic rings. The number of anilines is 1. The summed E-state index contributed by atoms with van der Waals surface area (Å²) in [5, 5.41) is 14.7. The van der Waals surface area contributed by atoms with Crippen LogP contribution in [0.15, 0.2) is 18.5 Å². The predicted molar refractivity (Wildman–Crippen MR) is 79.1 cm³/mol. The minimum atomic E-state index is -0.537. The molecule has 5 nitrogen and oxygen atoms in total. The second-order valence-corrected chi connectivity index (χ2v) is 6.29. The van der Waals surface area contributed by atoms with Gasteiger partial charge in [0, 0.05) is 25.5 Å². The van der Waals surface area contributed by atoms with Crippen LogP contribution >= 0.6 is 0 Å². The van der Waals surface area contributed by atoms with Crippen molar-refractivity contribution in [3.63, 3.8) is 0 Å². The molecular weight excluding hydrogens is 252 g/mol. The van der Waals surface area contributed by atoms with Gasteiger partial charge in [-0.1, -0.05) is 13.8 Å². The Morgan fingerprint density at radius 3 is 2.65 bits per heavy atom. The normalized spacial score (nSPS) is 18.9. The number of nitrogens with zero attached hydrogens (tertiary/aromatic N) is 4. The number of hydrogen-bond donors (Lipinski definition) is 1. The topological polar surface area (TPSA) is 53.7 Å². The Morgan fingerprint density at radius 1 is 1.30 bits per heavy atom. The molecule has 0 unspecified atom stereocenters. The van der Waals surface area contributed by atoms with Gasteiger partial charge < -0.3 is 10.0 Å². The van der Waals surface area contributed by atoms with Crippen LogP contribution in [0.2, 0.25) is 0 Å². The molecule has 2 aromatic rings. The summed E-state index contributed by atoms with van der Waals surface area (Å²) in [7, 11) is 0. The van der Waals surface area contributed by atoms with Crippen molar-refractivity contribution in [3.05, 3.63) is 24.2 Å². The first-order valence-corrected chi connectivity index (χ1v) is 7.28. The highest BCUT2D eigenvalue weighted by Gasteiger charge is 2.28. The number of aromatic nitrogens is 3. The molecule has 0 aliphatic carbocycles. The average molecular weight is 274 g/mol. The van der Waals surface area contributed by atoms with E-state index in [0.29, 0.717) is 5.92 Å². The minimum Gasteiger partial charge on any atom is -0.390 e. The Kier molecular flexibility index (Phi) is 3.17. The fourth-order valence-corrected chi connectivity index (χ4v) is 2.65. The van der Waals surface area contributed by atoms with E-state index in [1.54, 1.807) is 6.20 Å².